The SMILES string of the molecule is O=Cc1[nH]ccc1-c1cc[nH]c1C=O. The van der Waals surface area contributed by atoms with Crippen molar-refractivity contribution in [3.05, 3.63) is 35.9 Å². The van der Waals surface area contributed by atoms with Gasteiger partial charge in [-0.05, 0) is 12.1 Å². The molecular formula is C10H8N2O2. The highest BCUT2D eigenvalue weighted by atomic mass is 16.1. The Balaban J connectivity index is 2.59. The average Bonchev–Trinajstić information content (AvgIpc) is 2.85. The molecule has 0 atom stereocenters. The molecule has 0 spiro atoms. The van der Waals surface area contributed by atoms with E-state index in [-0.39, 0.29) is 0 Å². The van der Waals surface area contributed by atoms with Crippen molar-refractivity contribution >= 4 is 12.6 Å². The number of aromatic amines is 2. The fraction of sp³-hybridized carbons (Fsp3) is 0. The van der Waals surface area contributed by atoms with Crippen molar-refractivity contribution in [1.29, 1.82) is 0 Å². The van der Waals surface area contributed by atoms with E-state index in [1.54, 1.807) is 24.5 Å². The standard InChI is InChI=1S/C10H8N2O2/c13-5-9-7(1-3-11-9)8-2-4-12-10(8)6-14/h1-6,11-12H. The molecule has 2 aromatic heterocycles. The zero-order valence-corrected chi connectivity index (χ0v) is 7.28. The van der Waals surface area contributed by atoms with Crippen molar-refractivity contribution in [2.45, 2.75) is 0 Å². The molecule has 4 heteroatoms. The second-order valence-corrected chi connectivity index (χ2v) is 2.85. The summed E-state index contributed by atoms with van der Waals surface area (Å²) in [6, 6.07) is 3.53. The van der Waals surface area contributed by atoms with E-state index in [0.717, 1.165) is 23.7 Å². The van der Waals surface area contributed by atoms with Crippen molar-refractivity contribution in [3.8, 4) is 11.1 Å². The minimum atomic E-state index is 0.479. The van der Waals surface area contributed by atoms with Gasteiger partial charge in [-0.1, -0.05) is 0 Å². The second kappa shape index (κ2) is 3.33. The lowest BCUT2D eigenvalue weighted by molar-refractivity contribution is 0.111. The first-order chi connectivity index (χ1) is 6.86. The van der Waals surface area contributed by atoms with Gasteiger partial charge in [0.1, 0.15) is 0 Å². The predicted molar refractivity (Wildman–Crippen MR) is 51.4 cm³/mol. The normalized spacial score (nSPS) is 10.0. The van der Waals surface area contributed by atoms with Crippen molar-refractivity contribution in [1.82, 2.24) is 9.97 Å². The number of H-pyrrole nitrogens is 2. The molecule has 0 aromatic carbocycles. The number of carbonyl (C=O) groups is 2. The molecule has 0 saturated carbocycles. The lowest BCUT2D eigenvalue weighted by Crippen LogP contribution is -1.87. The summed E-state index contributed by atoms with van der Waals surface area (Å²) < 4.78 is 0. The summed E-state index contributed by atoms with van der Waals surface area (Å²) in [4.78, 5) is 26.9. The van der Waals surface area contributed by atoms with Gasteiger partial charge in [0, 0.05) is 23.5 Å². The number of carbonyl (C=O) groups excluding carboxylic acids is 2. The van der Waals surface area contributed by atoms with Gasteiger partial charge in [-0.2, -0.15) is 0 Å². The highest BCUT2D eigenvalue weighted by Crippen LogP contribution is 2.24. The monoisotopic (exact) mass is 188 g/mol. The Morgan fingerprint density at radius 1 is 0.857 bits per heavy atom. The van der Waals surface area contributed by atoms with Crippen LogP contribution in [0.15, 0.2) is 24.5 Å². The minimum Gasteiger partial charge on any atom is -0.359 e. The van der Waals surface area contributed by atoms with Gasteiger partial charge in [-0.25, -0.2) is 0 Å². The molecule has 4 nitrogen and oxygen atoms in total. The smallest absolute Gasteiger partial charge is 0.166 e. The van der Waals surface area contributed by atoms with Crippen LogP contribution in [-0.4, -0.2) is 22.5 Å². The molecule has 2 aromatic rings. The van der Waals surface area contributed by atoms with Gasteiger partial charge in [0.05, 0.1) is 11.4 Å². The first-order valence-electron chi connectivity index (χ1n) is 4.12. The lowest BCUT2D eigenvalue weighted by atomic mass is 10.1. The third-order valence-corrected chi connectivity index (χ3v) is 2.08. The van der Waals surface area contributed by atoms with Crippen LogP contribution >= 0.6 is 0 Å². The Kier molecular flexibility index (Phi) is 2.02. The zero-order valence-electron chi connectivity index (χ0n) is 7.28. The van der Waals surface area contributed by atoms with Crippen molar-refractivity contribution < 1.29 is 9.59 Å². The van der Waals surface area contributed by atoms with E-state index in [2.05, 4.69) is 9.97 Å². The van der Waals surface area contributed by atoms with Crippen LogP contribution in [0.2, 0.25) is 0 Å². The summed E-state index contributed by atoms with van der Waals surface area (Å²) in [5.41, 5.74) is 2.44. The maximum Gasteiger partial charge on any atom is 0.166 e. The number of nitrogens with one attached hydrogen (secondary N) is 2. The van der Waals surface area contributed by atoms with Gasteiger partial charge >= 0.3 is 0 Å². The molecule has 2 heterocycles. The molecule has 0 saturated heterocycles. The second-order valence-electron chi connectivity index (χ2n) is 2.85. The van der Waals surface area contributed by atoms with Gasteiger partial charge in [-0.15, -0.1) is 0 Å². The third-order valence-electron chi connectivity index (χ3n) is 2.08. The largest absolute Gasteiger partial charge is 0.359 e. The highest BCUT2D eigenvalue weighted by Gasteiger charge is 2.10. The molecule has 0 aliphatic carbocycles. The average molecular weight is 188 g/mol. The Morgan fingerprint density at radius 2 is 1.29 bits per heavy atom. The molecule has 0 amide bonds. The minimum absolute atomic E-state index is 0.479. The number of hydrogen-bond acceptors (Lipinski definition) is 2. The van der Waals surface area contributed by atoms with E-state index >= 15 is 0 Å². The molecule has 0 unspecified atom stereocenters. The number of aromatic nitrogens is 2. The summed E-state index contributed by atoms with van der Waals surface area (Å²) in [6.07, 6.45) is 4.80. The van der Waals surface area contributed by atoms with E-state index in [4.69, 9.17) is 0 Å². The van der Waals surface area contributed by atoms with E-state index < -0.39 is 0 Å². The Hall–Kier alpha value is -2.10. The number of rotatable bonds is 3. The highest BCUT2D eigenvalue weighted by molar-refractivity contribution is 5.92. The van der Waals surface area contributed by atoms with Gasteiger partial charge < -0.3 is 9.97 Å². The fourth-order valence-electron chi connectivity index (χ4n) is 1.43. The topological polar surface area (TPSA) is 65.7 Å². The van der Waals surface area contributed by atoms with Gasteiger partial charge in [-0.3, -0.25) is 9.59 Å². The molecule has 0 fully saturated rings. The molecule has 0 bridgehead atoms. The number of aldehydes is 2. The van der Waals surface area contributed by atoms with Crippen LogP contribution in [0.25, 0.3) is 11.1 Å². The van der Waals surface area contributed by atoms with Crippen LogP contribution in [0.4, 0.5) is 0 Å². The first kappa shape index (κ1) is 8.50. The summed E-state index contributed by atoms with van der Waals surface area (Å²) in [5, 5.41) is 0. The maximum atomic E-state index is 10.7. The predicted octanol–water partition coefficient (Wildman–Crippen LogP) is 1.63. The Labute approximate surface area is 80.0 Å². The van der Waals surface area contributed by atoms with Crippen LogP contribution < -0.4 is 0 Å². The van der Waals surface area contributed by atoms with Crippen LogP contribution in [0.3, 0.4) is 0 Å². The molecule has 2 rings (SSSR count). The zero-order chi connectivity index (χ0) is 9.97. The van der Waals surface area contributed by atoms with Crippen LogP contribution in [0.5, 0.6) is 0 Å². The quantitative estimate of drug-likeness (QED) is 0.719. The molecule has 2 N–H and O–H groups in total. The van der Waals surface area contributed by atoms with E-state index in [1.807, 2.05) is 0 Å². The van der Waals surface area contributed by atoms with Crippen molar-refractivity contribution in [2.75, 3.05) is 0 Å². The van der Waals surface area contributed by atoms with E-state index in [1.165, 1.54) is 0 Å². The summed E-state index contributed by atoms with van der Waals surface area (Å²) >= 11 is 0. The van der Waals surface area contributed by atoms with Crippen LogP contribution in [0.1, 0.15) is 21.0 Å². The third kappa shape index (κ3) is 1.17. The molecule has 0 aliphatic rings. The van der Waals surface area contributed by atoms with Crippen molar-refractivity contribution in [2.24, 2.45) is 0 Å². The molecule has 0 aliphatic heterocycles. The molecule has 14 heavy (non-hydrogen) atoms. The summed E-state index contributed by atoms with van der Waals surface area (Å²) in [5.74, 6) is 0. The number of hydrogen-bond donors (Lipinski definition) is 2. The Bertz CT molecular complexity index is 424. The Morgan fingerprint density at radius 3 is 1.64 bits per heavy atom. The van der Waals surface area contributed by atoms with Gasteiger partial charge in [0.2, 0.25) is 0 Å². The van der Waals surface area contributed by atoms with E-state index in [9.17, 15) is 9.59 Å². The lowest BCUT2D eigenvalue weighted by Gasteiger charge is -1.95. The van der Waals surface area contributed by atoms with Crippen molar-refractivity contribution in [3.63, 3.8) is 0 Å². The summed E-state index contributed by atoms with van der Waals surface area (Å²) in [6.45, 7) is 0. The van der Waals surface area contributed by atoms with Crippen LogP contribution in [-0.2, 0) is 0 Å². The summed E-state index contributed by atoms with van der Waals surface area (Å²) in [7, 11) is 0. The molecule has 0 radical (unpaired) electrons. The first-order valence-corrected chi connectivity index (χ1v) is 4.12. The fourth-order valence-corrected chi connectivity index (χ4v) is 1.43. The maximum absolute atomic E-state index is 10.7. The van der Waals surface area contributed by atoms with E-state index in [0.29, 0.717) is 11.4 Å². The molecular weight excluding hydrogens is 180 g/mol. The van der Waals surface area contributed by atoms with Crippen LogP contribution in [0, 0.1) is 0 Å². The van der Waals surface area contributed by atoms with Gasteiger partial charge in [0.25, 0.3) is 0 Å². The molecule has 70 valence electrons. The van der Waals surface area contributed by atoms with Gasteiger partial charge in [0.15, 0.2) is 12.6 Å².